The highest BCUT2D eigenvalue weighted by molar-refractivity contribution is 7.98. The average Bonchev–Trinajstić information content (AvgIpc) is 3.36. The van der Waals surface area contributed by atoms with Crippen LogP contribution in [0.2, 0.25) is 0 Å². The summed E-state index contributed by atoms with van der Waals surface area (Å²) in [5.41, 5.74) is 3.34. The predicted molar refractivity (Wildman–Crippen MR) is 102 cm³/mol. The minimum Gasteiger partial charge on any atom is -0.258 e. The summed E-state index contributed by atoms with van der Waals surface area (Å²) in [5.74, 6) is 2.28. The lowest BCUT2D eigenvalue weighted by Gasteiger charge is -2.04. The number of nitrogens with zero attached hydrogens (tertiary/aromatic N) is 5. The number of para-hydroxylation sites is 1. The summed E-state index contributed by atoms with van der Waals surface area (Å²) in [6, 6.07) is 18.3. The number of hydrogen-bond donors (Lipinski definition) is 1. The summed E-state index contributed by atoms with van der Waals surface area (Å²) >= 11 is 1.53. The van der Waals surface area contributed by atoms with Crippen molar-refractivity contribution in [1.82, 2.24) is 29.9 Å². The first-order chi connectivity index (χ1) is 12.8. The molecule has 6 nitrogen and oxygen atoms in total. The molecule has 0 radical (unpaired) electrons. The highest BCUT2D eigenvalue weighted by Crippen LogP contribution is 2.23. The van der Waals surface area contributed by atoms with E-state index in [1.54, 1.807) is 6.33 Å². The Hall–Kier alpha value is -2.93. The fourth-order valence-corrected chi connectivity index (χ4v) is 3.34. The molecular formula is C19H18N6S. The summed E-state index contributed by atoms with van der Waals surface area (Å²) in [4.78, 5) is 8.93. The van der Waals surface area contributed by atoms with E-state index in [1.165, 1.54) is 17.3 Å². The van der Waals surface area contributed by atoms with Crippen LogP contribution >= 0.6 is 11.8 Å². The number of benzene rings is 2. The van der Waals surface area contributed by atoms with Gasteiger partial charge in [0.25, 0.3) is 0 Å². The molecule has 0 aliphatic rings. The van der Waals surface area contributed by atoms with Gasteiger partial charge in [-0.15, -0.1) is 5.10 Å². The van der Waals surface area contributed by atoms with Crippen LogP contribution < -0.4 is 0 Å². The monoisotopic (exact) mass is 362 g/mol. The van der Waals surface area contributed by atoms with Crippen molar-refractivity contribution in [2.24, 2.45) is 0 Å². The van der Waals surface area contributed by atoms with Gasteiger partial charge in [-0.25, -0.2) is 14.6 Å². The van der Waals surface area contributed by atoms with Crippen LogP contribution in [0, 0.1) is 0 Å². The molecule has 0 bridgehead atoms. The lowest BCUT2D eigenvalue weighted by molar-refractivity contribution is 0.832. The molecule has 0 atom stereocenters. The van der Waals surface area contributed by atoms with Gasteiger partial charge in [-0.3, -0.25) is 5.10 Å². The maximum absolute atomic E-state index is 4.58. The van der Waals surface area contributed by atoms with Gasteiger partial charge in [-0.05, 0) is 24.1 Å². The van der Waals surface area contributed by atoms with Crippen LogP contribution in [0.1, 0.15) is 18.3 Å². The molecule has 0 amide bonds. The normalized spacial score (nSPS) is 11.0. The second-order valence-corrected chi connectivity index (χ2v) is 6.67. The fourth-order valence-electron chi connectivity index (χ4n) is 2.62. The first kappa shape index (κ1) is 16.5. The Morgan fingerprint density at radius 2 is 1.85 bits per heavy atom. The summed E-state index contributed by atoms with van der Waals surface area (Å²) in [6.07, 6.45) is 2.60. The van der Waals surface area contributed by atoms with Crippen molar-refractivity contribution in [3.63, 3.8) is 0 Å². The summed E-state index contributed by atoms with van der Waals surface area (Å²) in [6.45, 7) is 2.15. The van der Waals surface area contributed by atoms with Gasteiger partial charge in [0.1, 0.15) is 12.2 Å². The first-order valence-corrected chi connectivity index (χ1v) is 9.41. The molecule has 0 fully saturated rings. The topological polar surface area (TPSA) is 72.3 Å². The molecule has 2 heterocycles. The molecule has 26 heavy (non-hydrogen) atoms. The fraction of sp³-hybridized carbons (Fsp3) is 0.158. The van der Waals surface area contributed by atoms with Crippen molar-refractivity contribution in [2.75, 3.05) is 0 Å². The van der Waals surface area contributed by atoms with Crippen molar-refractivity contribution in [3.8, 4) is 17.1 Å². The van der Waals surface area contributed by atoms with Gasteiger partial charge in [-0.2, -0.15) is 5.10 Å². The Labute approximate surface area is 155 Å². The Kier molecular flexibility index (Phi) is 4.79. The number of aromatic amines is 1. The van der Waals surface area contributed by atoms with E-state index in [2.05, 4.69) is 56.5 Å². The van der Waals surface area contributed by atoms with E-state index in [1.807, 2.05) is 35.0 Å². The zero-order chi connectivity index (χ0) is 17.8. The van der Waals surface area contributed by atoms with E-state index in [0.29, 0.717) is 10.9 Å². The van der Waals surface area contributed by atoms with Crippen LogP contribution in [0.25, 0.3) is 17.1 Å². The first-order valence-electron chi connectivity index (χ1n) is 8.42. The van der Waals surface area contributed by atoms with Gasteiger partial charge in [-0.1, -0.05) is 61.2 Å². The molecule has 4 aromatic rings. The maximum atomic E-state index is 4.58. The minimum absolute atomic E-state index is 0.640. The largest absolute Gasteiger partial charge is 0.258 e. The zero-order valence-electron chi connectivity index (χ0n) is 14.3. The number of H-pyrrole nitrogens is 1. The molecule has 130 valence electrons. The van der Waals surface area contributed by atoms with E-state index in [4.69, 9.17) is 0 Å². The second-order valence-electron chi connectivity index (χ2n) is 5.73. The van der Waals surface area contributed by atoms with Crippen LogP contribution in [-0.4, -0.2) is 29.9 Å². The van der Waals surface area contributed by atoms with E-state index in [-0.39, 0.29) is 0 Å². The third-order valence-corrected chi connectivity index (χ3v) is 4.89. The van der Waals surface area contributed by atoms with Crippen LogP contribution in [0.4, 0.5) is 0 Å². The van der Waals surface area contributed by atoms with Crippen molar-refractivity contribution in [1.29, 1.82) is 0 Å². The number of rotatable bonds is 6. The van der Waals surface area contributed by atoms with Gasteiger partial charge in [0.05, 0.1) is 11.4 Å². The van der Waals surface area contributed by atoms with Crippen LogP contribution in [0.15, 0.2) is 66.1 Å². The smallest absolute Gasteiger partial charge is 0.209 e. The molecule has 0 saturated carbocycles. The molecule has 0 unspecified atom stereocenters. The van der Waals surface area contributed by atoms with E-state index in [0.717, 1.165) is 29.3 Å². The van der Waals surface area contributed by atoms with Crippen molar-refractivity contribution in [3.05, 3.63) is 72.3 Å². The lowest BCUT2D eigenvalue weighted by Crippen LogP contribution is -2.01. The van der Waals surface area contributed by atoms with Crippen molar-refractivity contribution < 1.29 is 0 Å². The molecule has 4 rings (SSSR count). The average molecular weight is 362 g/mol. The Morgan fingerprint density at radius 1 is 1.04 bits per heavy atom. The van der Waals surface area contributed by atoms with Crippen molar-refractivity contribution in [2.45, 2.75) is 24.3 Å². The summed E-state index contributed by atoms with van der Waals surface area (Å²) < 4.78 is 1.84. The SMILES string of the molecule is CCc1ccc(-c2nc(SCc3ncnn3-c3ccccc3)n[nH]2)cc1. The van der Waals surface area contributed by atoms with Gasteiger partial charge in [0.15, 0.2) is 5.82 Å². The highest BCUT2D eigenvalue weighted by atomic mass is 32.2. The van der Waals surface area contributed by atoms with Gasteiger partial charge < -0.3 is 0 Å². The molecule has 0 aliphatic heterocycles. The molecule has 1 N–H and O–H groups in total. The quantitative estimate of drug-likeness (QED) is 0.527. The Bertz CT molecular complexity index is 975. The number of aromatic nitrogens is 6. The number of thioether (sulfide) groups is 1. The van der Waals surface area contributed by atoms with E-state index in [9.17, 15) is 0 Å². The van der Waals surface area contributed by atoms with Gasteiger partial charge >= 0.3 is 0 Å². The highest BCUT2D eigenvalue weighted by Gasteiger charge is 2.10. The predicted octanol–water partition coefficient (Wildman–Crippen LogP) is 3.91. The van der Waals surface area contributed by atoms with E-state index >= 15 is 0 Å². The number of nitrogens with one attached hydrogen (secondary N) is 1. The third kappa shape index (κ3) is 3.52. The van der Waals surface area contributed by atoms with Gasteiger partial charge in [0.2, 0.25) is 5.16 Å². The van der Waals surface area contributed by atoms with Gasteiger partial charge in [0, 0.05) is 5.56 Å². The van der Waals surface area contributed by atoms with E-state index < -0.39 is 0 Å². The summed E-state index contributed by atoms with van der Waals surface area (Å²) in [5, 5.41) is 12.3. The van der Waals surface area contributed by atoms with Crippen LogP contribution in [-0.2, 0) is 12.2 Å². The number of hydrogen-bond acceptors (Lipinski definition) is 5. The summed E-state index contributed by atoms with van der Waals surface area (Å²) in [7, 11) is 0. The molecule has 0 spiro atoms. The molecule has 0 aliphatic carbocycles. The lowest BCUT2D eigenvalue weighted by atomic mass is 10.1. The molecule has 0 saturated heterocycles. The molecule has 2 aromatic heterocycles. The Morgan fingerprint density at radius 3 is 2.62 bits per heavy atom. The molecule has 2 aromatic carbocycles. The number of aryl methyl sites for hydroxylation is 1. The maximum Gasteiger partial charge on any atom is 0.209 e. The third-order valence-electron chi connectivity index (χ3n) is 4.05. The second kappa shape index (κ2) is 7.53. The van der Waals surface area contributed by atoms with Crippen LogP contribution in [0.5, 0.6) is 0 Å². The van der Waals surface area contributed by atoms with Crippen LogP contribution in [0.3, 0.4) is 0 Å². The standard InChI is InChI=1S/C19H18N6S/c1-2-14-8-10-15(11-9-14)18-22-19(24-23-18)26-12-17-20-13-21-25(17)16-6-4-3-5-7-16/h3-11,13H,2,12H2,1H3,(H,22,23,24). The Balaban J connectivity index is 1.46. The van der Waals surface area contributed by atoms with Crippen molar-refractivity contribution >= 4 is 11.8 Å². The molecular weight excluding hydrogens is 344 g/mol. The zero-order valence-corrected chi connectivity index (χ0v) is 15.1. The molecule has 7 heteroatoms. The minimum atomic E-state index is 0.640.